The van der Waals surface area contributed by atoms with E-state index < -0.39 is 0 Å². The molecule has 4 rings (SSSR count). The molecule has 0 N–H and O–H groups in total. The summed E-state index contributed by atoms with van der Waals surface area (Å²) in [5, 5.41) is 8.47. The van der Waals surface area contributed by atoms with Crippen LogP contribution in [0.25, 0.3) is 0 Å². The molecule has 124 valence electrons. The van der Waals surface area contributed by atoms with Gasteiger partial charge in [0, 0.05) is 25.2 Å². The van der Waals surface area contributed by atoms with Crippen molar-refractivity contribution < 1.29 is 9.26 Å². The van der Waals surface area contributed by atoms with E-state index in [2.05, 4.69) is 27.1 Å². The summed E-state index contributed by atoms with van der Waals surface area (Å²) >= 11 is 0. The zero-order valence-electron chi connectivity index (χ0n) is 13.7. The largest absolute Gasteiger partial charge is 0.374 e. The van der Waals surface area contributed by atoms with Crippen molar-refractivity contribution in [3.8, 4) is 0 Å². The molecule has 0 unspecified atom stereocenters. The minimum Gasteiger partial charge on any atom is -0.374 e. The number of aromatic nitrogens is 4. The number of rotatable bonds is 5. The third-order valence-electron chi connectivity index (χ3n) is 4.63. The number of ether oxygens (including phenoxy) is 1. The predicted molar refractivity (Wildman–Crippen MR) is 83.0 cm³/mol. The molecular weight excluding hydrogens is 294 g/mol. The van der Waals surface area contributed by atoms with Crippen LogP contribution in [-0.2, 0) is 11.3 Å². The van der Waals surface area contributed by atoms with Crippen LogP contribution in [0.15, 0.2) is 16.9 Å². The Labute approximate surface area is 135 Å². The summed E-state index contributed by atoms with van der Waals surface area (Å²) in [4.78, 5) is 6.94. The molecule has 0 spiro atoms. The smallest absolute Gasteiger partial charge is 0.243 e. The standard InChI is InChI=1S/C16H23N5O2/c1-11-7-17-21(8-11)10-14-9-20(5-6-22-14)12(2)16-18-15(19-23-16)13-3-4-13/h7-8,12-14H,3-6,9-10H2,1-2H3/t12-,14+/m0/s1. The molecular formula is C16H23N5O2. The Balaban J connectivity index is 1.39. The fourth-order valence-corrected chi connectivity index (χ4v) is 3.06. The van der Waals surface area contributed by atoms with Crippen LogP contribution < -0.4 is 0 Å². The molecule has 0 aromatic carbocycles. The first kappa shape index (κ1) is 14.8. The van der Waals surface area contributed by atoms with Gasteiger partial charge in [-0.05, 0) is 32.3 Å². The van der Waals surface area contributed by atoms with Gasteiger partial charge in [-0.2, -0.15) is 10.1 Å². The summed E-state index contributed by atoms with van der Waals surface area (Å²) in [5.41, 5.74) is 1.17. The van der Waals surface area contributed by atoms with Crippen LogP contribution in [0.2, 0.25) is 0 Å². The molecule has 0 amide bonds. The van der Waals surface area contributed by atoms with Crippen molar-refractivity contribution in [2.75, 3.05) is 19.7 Å². The van der Waals surface area contributed by atoms with Crippen LogP contribution in [0.4, 0.5) is 0 Å². The molecule has 1 saturated carbocycles. The summed E-state index contributed by atoms with van der Waals surface area (Å²) in [6.45, 7) is 7.41. The van der Waals surface area contributed by atoms with Crippen molar-refractivity contribution in [3.63, 3.8) is 0 Å². The molecule has 0 bridgehead atoms. The second-order valence-corrected chi connectivity index (χ2v) is 6.67. The van der Waals surface area contributed by atoms with Crippen LogP contribution in [0.1, 0.15) is 49.0 Å². The fraction of sp³-hybridized carbons (Fsp3) is 0.688. The summed E-state index contributed by atoms with van der Waals surface area (Å²) in [5.74, 6) is 2.13. The summed E-state index contributed by atoms with van der Waals surface area (Å²) in [6, 6.07) is 0.126. The van der Waals surface area contributed by atoms with E-state index in [0.29, 0.717) is 5.92 Å². The molecule has 7 nitrogen and oxygen atoms in total. The first-order chi connectivity index (χ1) is 11.2. The van der Waals surface area contributed by atoms with E-state index in [-0.39, 0.29) is 12.1 Å². The maximum absolute atomic E-state index is 5.89. The second kappa shape index (κ2) is 6.05. The van der Waals surface area contributed by atoms with Gasteiger partial charge in [0.15, 0.2) is 5.82 Å². The number of hydrogen-bond donors (Lipinski definition) is 0. The molecule has 2 aromatic heterocycles. The Morgan fingerprint density at radius 2 is 2.26 bits per heavy atom. The van der Waals surface area contributed by atoms with Crippen molar-refractivity contribution in [3.05, 3.63) is 29.7 Å². The highest BCUT2D eigenvalue weighted by atomic mass is 16.5. The Hall–Kier alpha value is -1.73. The van der Waals surface area contributed by atoms with E-state index in [9.17, 15) is 0 Å². The lowest BCUT2D eigenvalue weighted by Gasteiger charge is -2.35. The zero-order valence-corrected chi connectivity index (χ0v) is 13.7. The first-order valence-corrected chi connectivity index (χ1v) is 8.37. The molecule has 1 aliphatic carbocycles. The molecule has 1 saturated heterocycles. The van der Waals surface area contributed by atoms with Crippen molar-refractivity contribution in [2.45, 2.75) is 51.3 Å². The van der Waals surface area contributed by atoms with E-state index in [1.165, 1.54) is 18.4 Å². The highest BCUT2D eigenvalue weighted by Gasteiger charge is 2.32. The third kappa shape index (κ3) is 3.30. The average Bonchev–Trinajstić information content (AvgIpc) is 3.15. The Bertz CT molecular complexity index is 663. The third-order valence-corrected chi connectivity index (χ3v) is 4.63. The molecule has 23 heavy (non-hydrogen) atoms. The summed E-state index contributed by atoms with van der Waals surface area (Å²) in [6.07, 6.45) is 6.44. The minimum absolute atomic E-state index is 0.126. The van der Waals surface area contributed by atoms with Crippen molar-refractivity contribution in [2.24, 2.45) is 0 Å². The molecule has 7 heteroatoms. The monoisotopic (exact) mass is 317 g/mol. The van der Waals surface area contributed by atoms with Gasteiger partial charge in [-0.15, -0.1) is 0 Å². The summed E-state index contributed by atoms with van der Waals surface area (Å²) in [7, 11) is 0. The lowest BCUT2D eigenvalue weighted by atomic mass is 10.2. The maximum atomic E-state index is 5.89. The van der Waals surface area contributed by atoms with Gasteiger partial charge in [0.2, 0.25) is 5.89 Å². The van der Waals surface area contributed by atoms with Gasteiger partial charge in [0.1, 0.15) is 0 Å². The highest BCUT2D eigenvalue weighted by molar-refractivity contribution is 5.05. The van der Waals surface area contributed by atoms with E-state index in [0.717, 1.165) is 38.0 Å². The van der Waals surface area contributed by atoms with E-state index in [4.69, 9.17) is 9.26 Å². The van der Waals surface area contributed by atoms with E-state index in [1.54, 1.807) is 0 Å². The Kier molecular flexibility index (Phi) is 3.90. The van der Waals surface area contributed by atoms with Gasteiger partial charge in [0.05, 0.1) is 31.5 Å². The van der Waals surface area contributed by atoms with Gasteiger partial charge >= 0.3 is 0 Å². The SMILES string of the molecule is Cc1cnn(C[C@H]2CN([C@@H](C)c3nc(C4CC4)no3)CCO2)c1. The lowest BCUT2D eigenvalue weighted by molar-refractivity contribution is -0.0532. The zero-order chi connectivity index (χ0) is 15.8. The van der Waals surface area contributed by atoms with Crippen LogP contribution in [0.5, 0.6) is 0 Å². The van der Waals surface area contributed by atoms with Gasteiger partial charge in [0.25, 0.3) is 0 Å². The van der Waals surface area contributed by atoms with Crippen LogP contribution in [-0.4, -0.2) is 50.6 Å². The number of hydrogen-bond acceptors (Lipinski definition) is 6. The summed E-state index contributed by atoms with van der Waals surface area (Å²) < 4.78 is 13.3. The normalized spacial score (nSPS) is 24.0. The molecule has 2 atom stereocenters. The first-order valence-electron chi connectivity index (χ1n) is 8.37. The van der Waals surface area contributed by atoms with Crippen molar-refractivity contribution >= 4 is 0 Å². The van der Waals surface area contributed by atoms with Gasteiger partial charge in [-0.25, -0.2) is 0 Å². The van der Waals surface area contributed by atoms with Crippen molar-refractivity contribution in [1.29, 1.82) is 0 Å². The molecule has 2 fully saturated rings. The van der Waals surface area contributed by atoms with E-state index in [1.807, 2.05) is 24.0 Å². The molecule has 1 aliphatic heterocycles. The maximum Gasteiger partial charge on any atom is 0.243 e. The predicted octanol–water partition coefficient (Wildman–Crippen LogP) is 1.91. The van der Waals surface area contributed by atoms with Gasteiger partial charge < -0.3 is 9.26 Å². The molecule has 3 heterocycles. The Morgan fingerprint density at radius 3 is 3.00 bits per heavy atom. The molecule has 2 aromatic rings. The number of aryl methyl sites for hydroxylation is 1. The average molecular weight is 317 g/mol. The van der Waals surface area contributed by atoms with Crippen LogP contribution in [0.3, 0.4) is 0 Å². The fourth-order valence-electron chi connectivity index (χ4n) is 3.06. The topological polar surface area (TPSA) is 69.2 Å². The number of morpholine rings is 1. The molecule has 0 radical (unpaired) electrons. The Morgan fingerprint density at radius 1 is 1.39 bits per heavy atom. The van der Waals surface area contributed by atoms with Crippen molar-refractivity contribution in [1.82, 2.24) is 24.8 Å². The highest BCUT2D eigenvalue weighted by Crippen LogP contribution is 2.38. The van der Waals surface area contributed by atoms with Crippen LogP contribution in [0, 0.1) is 6.92 Å². The van der Waals surface area contributed by atoms with Gasteiger partial charge in [-0.1, -0.05) is 5.16 Å². The minimum atomic E-state index is 0.126. The lowest BCUT2D eigenvalue weighted by Crippen LogP contribution is -2.45. The second-order valence-electron chi connectivity index (χ2n) is 6.67. The van der Waals surface area contributed by atoms with E-state index >= 15 is 0 Å². The van der Waals surface area contributed by atoms with Crippen LogP contribution >= 0.6 is 0 Å². The quantitative estimate of drug-likeness (QED) is 0.839. The number of nitrogens with zero attached hydrogens (tertiary/aromatic N) is 5. The molecule has 2 aliphatic rings. The van der Waals surface area contributed by atoms with Gasteiger partial charge in [-0.3, -0.25) is 9.58 Å².